The minimum absolute atomic E-state index is 0.551. The van der Waals surface area contributed by atoms with Crippen LogP contribution in [0.5, 0.6) is 5.75 Å². The third kappa shape index (κ3) is 4.83. The molecule has 0 heterocycles. The summed E-state index contributed by atoms with van der Waals surface area (Å²) in [7, 11) is 0. The van der Waals surface area contributed by atoms with Gasteiger partial charge in [-0.15, -0.1) is 0 Å². The van der Waals surface area contributed by atoms with Gasteiger partial charge in [0.05, 0.1) is 10.2 Å². The highest BCUT2D eigenvalue weighted by atomic mass is 79.9. The lowest BCUT2D eigenvalue weighted by molar-refractivity contribution is 0.304. The smallest absolute Gasteiger partial charge is 0.134 e. The zero-order valence-corrected chi connectivity index (χ0v) is 16.9. The first kappa shape index (κ1) is 18.4. The molecular weight excluding hydrogens is 386 g/mol. The Labute approximate surface area is 163 Å². The summed E-state index contributed by atoms with van der Waals surface area (Å²) in [6, 6.07) is 20.6. The van der Waals surface area contributed by atoms with Crippen LogP contribution in [-0.4, -0.2) is 6.21 Å². The molecule has 3 aromatic carbocycles. The molecule has 0 atom stereocenters. The summed E-state index contributed by atoms with van der Waals surface area (Å²) in [6.45, 7) is 6.84. The molecule has 0 spiro atoms. The fourth-order valence-corrected chi connectivity index (χ4v) is 3.03. The van der Waals surface area contributed by atoms with Gasteiger partial charge in [-0.25, -0.2) is 0 Å². The van der Waals surface area contributed by atoms with Crippen molar-refractivity contribution in [3.8, 4) is 5.75 Å². The first-order valence-corrected chi connectivity index (χ1v) is 9.40. The number of benzene rings is 3. The zero-order chi connectivity index (χ0) is 18.5. The van der Waals surface area contributed by atoms with Gasteiger partial charge in [0.25, 0.3) is 0 Å². The van der Waals surface area contributed by atoms with Gasteiger partial charge >= 0.3 is 0 Å². The summed E-state index contributed by atoms with van der Waals surface area (Å²) >= 11 is 3.59. The number of rotatable bonds is 5. The first-order chi connectivity index (χ1) is 12.5. The molecule has 132 valence electrons. The van der Waals surface area contributed by atoms with Crippen LogP contribution in [0.3, 0.4) is 0 Å². The van der Waals surface area contributed by atoms with E-state index >= 15 is 0 Å². The molecule has 0 amide bonds. The zero-order valence-electron chi connectivity index (χ0n) is 15.3. The average Bonchev–Trinajstić information content (AvgIpc) is 2.63. The lowest BCUT2D eigenvalue weighted by Gasteiger charge is -2.09. The largest absolute Gasteiger partial charge is 0.488 e. The minimum Gasteiger partial charge on any atom is -0.488 e. The monoisotopic (exact) mass is 407 g/mol. The second-order valence-electron chi connectivity index (χ2n) is 6.49. The molecule has 2 nitrogen and oxygen atoms in total. The third-order valence-corrected chi connectivity index (χ3v) is 4.94. The number of nitrogens with zero attached hydrogens (tertiary/aromatic N) is 1. The maximum absolute atomic E-state index is 5.92. The van der Waals surface area contributed by atoms with Crippen molar-refractivity contribution in [2.45, 2.75) is 27.4 Å². The first-order valence-electron chi connectivity index (χ1n) is 8.60. The SMILES string of the molecule is Cc1ccc(COc2ccc(C=Nc3ccc(C)c(C)c3)cc2Br)cc1. The quantitative estimate of drug-likeness (QED) is 0.430. The van der Waals surface area contributed by atoms with Crippen molar-refractivity contribution in [1.29, 1.82) is 0 Å². The van der Waals surface area contributed by atoms with Crippen LogP contribution in [0, 0.1) is 20.8 Å². The standard InChI is InChI=1S/C23H22BrNO/c1-16-4-7-19(8-5-16)15-26-23-11-9-20(13-22(23)24)14-25-21-10-6-17(2)18(3)12-21/h4-14H,15H2,1-3H3. The van der Waals surface area contributed by atoms with E-state index in [-0.39, 0.29) is 0 Å². The van der Waals surface area contributed by atoms with Crippen LogP contribution in [0.15, 0.2) is 70.1 Å². The molecule has 0 N–H and O–H groups in total. The Morgan fingerprint density at radius 2 is 1.65 bits per heavy atom. The van der Waals surface area contributed by atoms with Crippen LogP contribution in [0.2, 0.25) is 0 Å². The van der Waals surface area contributed by atoms with Gasteiger partial charge in [-0.3, -0.25) is 4.99 Å². The normalized spacial score (nSPS) is 11.1. The molecule has 0 bridgehead atoms. The molecule has 0 aliphatic rings. The number of aliphatic imine (C=N–C) groups is 1. The number of aryl methyl sites for hydroxylation is 3. The molecule has 3 heteroatoms. The van der Waals surface area contributed by atoms with Crippen molar-refractivity contribution >= 4 is 27.8 Å². The third-order valence-electron chi connectivity index (χ3n) is 4.32. The van der Waals surface area contributed by atoms with Crippen LogP contribution < -0.4 is 4.74 Å². The van der Waals surface area contributed by atoms with Crippen molar-refractivity contribution in [1.82, 2.24) is 0 Å². The summed E-state index contributed by atoms with van der Waals surface area (Å²) in [5, 5.41) is 0. The highest BCUT2D eigenvalue weighted by molar-refractivity contribution is 9.10. The Bertz CT molecular complexity index is 929. The van der Waals surface area contributed by atoms with Gasteiger partial charge in [0.15, 0.2) is 0 Å². The summed E-state index contributed by atoms with van der Waals surface area (Å²) in [5.41, 5.74) is 6.93. The van der Waals surface area contributed by atoms with E-state index in [9.17, 15) is 0 Å². The fraction of sp³-hybridized carbons (Fsp3) is 0.174. The molecule has 0 saturated heterocycles. The van der Waals surface area contributed by atoms with Crippen LogP contribution in [0.4, 0.5) is 5.69 Å². The van der Waals surface area contributed by atoms with Crippen molar-refractivity contribution in [2.75, 3.05) is 0 Å². The Morgan fingerprint density at radius 1 is 0.885 bits per heavy atom. The van der Waals surface area contributed by atoms with E-state index in [2.05, 4.69) is 78.1 Å². The van der Waals surface area contributed by atoms with Crippen LogP contribution in [0.25, 0.3) is 0 Å². The van der Waals surface area contributed by atoms with E-state index in [0.717, 1.165) is 27.0 Å². The maximum atomic E-state index is 5.92. The van der Waals surface area contributed by atoms with Crippen molar-refractivity contribution in [2.24, 2.45) is 4.99 Å². The van der Waals surface area contributed by atoms with Gasteiger partial charge in [-0.05, 0) is 89.3 Å². The van der Waals surface area contributed by atoms with Gasteiger partial charge in [0.2, 0.25) is 0 Å². The molecule has 0 fully saturated rings. The predicted octanol–water partition coefficient (Wildman–Crippen LogP) is 6.70. The van der Waals surface area contributed by atoms with E-state index < -0.39 is 0 Å². The topological polar surface area (TPSA) is 21.6 Å². The van der Waals surface area contributed by atoms with Crippen molar-refractivity contribution in [3.63, 3.8) is 0 Å². The highest BCUT2D eigenvalue weighted by Crippen LogP contribution is 2.27. The van der Waals surface area contributed by atoms with E-state index in [1.165, 1.54) is 16.7 Å². The van der Waals surface area contributed by atoms with Gasteiger partial charge in [-0.2, -0.15) is 0 Å². The molecule has 0 aromatic heterocycles. The molecule has 0 saturated carbocycles. The number of ether oxygens (including phenoxy) is 1. The molecule has 3 aromatic rings. The molecule has 0 aliphatic carbocycles. The maximum Gasteiger partial charge on any atom is 0.134 e. The Kier molecular flexibility index (Phi) is 5.89. The summed E-state index contributed by atoms with van der Waals surface area (Å²) < 4.78 is 6.84. The Balaban J connectivity index is 1.67. The lowest BCUT2D eigenvalue weighted by Crippen LogP contribution is -1.96. The second-order valence-corrected chi connectivity index (χ2v) is 7.35. The van der Waals surface area contributed by atoms with Crippen molar-refractivity contribution < 1.29 is 4.74 Å². The minimum atomic E-state index is 0.551. The summed E-state index contributed by atoms with van der Waals surface area (Å²) in [6.07, 6.45) is 1.87. The van der Waals surface area contributed by atoms with E-state index in [1.807, 2.05) is 30.5 Å². The van der Waals surface area contributed by atoms with Crippen molar-refractivity contribution in [3.05, 3.63) is 93.0 Å². The van der Waals surface area contributed by atoms with Gasteiger partial charge in [0.1, 0.15) is 12.4 Å². The lowest BCUT2D eigenvalue weighted by atomic mass is 10.1. The van der Waals surface area contributed by atoms with E-state index in [4.69, 9.17) is 4.74 Å². The average molecular weight is 408 g/mol. The highest BCUT2D eigenvalue weighted by Gasteiger charge is 2.03. The molecule has 3 rings (SSSR count). The Hall–Kier alpha value is -2.39. The van der Waals surface area contributed by atoms with Gasteiger partial charge < -0.3 is 4.74 Å². The summed E-state index contributed by atoms with van der Waals surface area (Å²) in [4.78, 5) is 4.56. The van der Waals surface area contributed by atoms with Crippen LogP contribution >= 0.6 is 15.9 Å². The fourth-order valence-electron chi connectivity index (χ4n) is 2.51. The van der Waals surface area contributed by atoms with Crippen LogP contribution in [0.1, 0.15) is 27.8 Å². The second kappa shape index (κ2) is 8.33. The Morgan fingerprint density at radius 3 is 2.35 bits per heavy atom. The number of hydrogen-bond acceptors (Lipinski definition) is 2. The van der Waals surface area contributed by atoms with Gasteiger partial charge in [-0.1, -0.05) is 35.9 Å². The van der Waals surface area contributed by atoms with Crippen LogP contribution in [-0.2, 0) is 6.61 Å². The van der Waals surface area contributed by atoms with E-state index in [1.54, 1.807) is 0 Å². The molecule has 0 unspecified atom stereocenters. The molecule has 0 radical (unpaired) electrons. The molecule has 26 heavy (non-hydrogen) atoms. The van der Waals surface area contributed by atoms with E-state index in [0.29, 0.717) is 6.61 Å². The molecule has 0 aliphatic heterocycles. The number of hydrogen-bond donors (Lipinski definition) is 0. The summed E-state index contributed by atoms with van der Waals surface area (Å²) in [5.74, 6) is 0.828. The van der Waals surface area contributed by atoms with Gasteiger partial charge in [0, 0.05) is 6.21 Å². The number of halogens is 1. The predicted molar refractivity (Wildman–Crippen MR) is 113 cm³/mol. The molecular formula is C23H22BrNO.